The Labute approximate surface area is 77.9 Å². The topological polar surface area (TPSA) is 0 Å². The van der Waals surface area contributed by atoms with Crippen LogP contribution in [-0.4, -0.2) is 19.5 Å². The molecule has 0 bridgehead atoms. The summed E-state index contributed by atoms with van der Waals surface area (Å²) in [6, 6.07) is 1.02. The molecule has 0 saturated heterocycles. The Balaban J connectivity index is 2.91. The number of alkyl halides is 2. The Kier molecular flexibility index (Phi) is 7.16. The predicted octanol–water partition coefficient (Wildman–Crippen LogP) is 2.30. The highest BCUT2D eigenvalue weighted by Gasteiger charge is 2.06. The van der Waals surface area contributed by atoms with Crippen LogP contribution in [0.1, 0.15) is 0 Å². The summed E-state index contributed by atoms with van der Waals surface area (Å²) < 4.78 is -0.142. The van der Waals surface area contributed by atoms with E-state index in [2.05, 4.69) is 0 Å². The number of rotatable bonds is 4. The smallest absolute Gasteiger partial charge is 0.172 e. The van der Waals surface area contributed by atoms with Gasteiger partial charge in [0.2, 0.25) is 0 Å². The van der Waals surface area contributed by atoms with Gasteiger partial charge in [-0.3, -0.25) is 0 Å². The van der Waals surface area contributed by atoms with Crippen molar-refractivity contribution in [3.8, 4) is 0 Å². The molecule has 0 spiro atoms. The van der Waals surface area contributed by atoms with E-state index in [4.69, 9.17) is 46.1 Å². The van der Waals surface area contributed by atoms with E-state index in [1.165, 1.54) is 0 Å². The van der Waals surface area contributed by atoms with Gasteiger partial charge in [0.15, 0.2) is 0 Å². The van der Waals surface area contributed by atoms with E-state index >= 15 is 0 Å². The van der Waals surface area contributed by atoms with Crippen molar-refractivity contribution < 1.29 is 0 Å². The van der Waals surface area contributed by atoms with Gasteiger partial charge < -0.3 is 0 Å². The van der Waals surface area contributed by atoms with Crippen LogP contribution < -0.4 is 0 Å². The Morgan fingerprint density at radius 2 is 1.89 bits per heavy atom. The molecular formula is C3H7BCl4Si. The van der Waals surface area contributed by atoms with Gasteiger partial charge in [0, 0.05) is 0 Å². The zero-order valence-corrected chi connectivity index (χ0v) is 9.23. The monoisotopic (exact) mass is 222 g/mol. The fourth-order valence-corrected chi connectivity index (χ4v) is 3.13. The summed E-state index contributed by atoms with van der Waals surface area (Å²) in [7, 11) is -0.335. The van der Waals surface area contributed by atoms with Gasteiger partial charge in [0.1, 0.15) is 0 Å². The second kappa shape index (κ2) is 6.17. The lowest BCUT2D eigenvalue weighted by atomic mass is 10.0. The van der Waals surface area contributed by atoms with Crippen molar-refractivity contribution in [1.29, 1.82) is 0 Å². The van der Waals surface area contributed by atoms with E-state index in [0.717, 1.165) is 12.4 Å². The first-order valence-corrected chi connectivity index (χ1v) is 6.25. The van der Waals surface area contributed by atoms with Crippen LogP contribution in [0.2, 0.25) is 12.4 Å². The Hall–Kier alpha value is 1.44. The molecule has 0 heterocycles. The zero-order valence-electron chi connectivity index (χ0n) is 4.79. The second-order valence-electron chi connectivity index (χ2n) is 1.71. The molecule has 0 rings (SSSR count). The summed E-state index contributed by atoms with van der Waals surface area (Å²) in [6.45, 7) is 0. The Morgan fingerprint density at radius 1 is 1.33 bits per heavy atom. The minimum absolute atomic E-state index is 0.142. The van der Waals surface area contributed by atoms with Crippen LogP contribution in [0.4, 0.5) is 0 Å². The van der Waals surface area contributed by atoms with E-state index in [0.29, 0.717) is 0 Å². The lowest BCUT2D eigenvalue weighted by Crippen LogP contribution is -2.03. The van der Waals surface area contributed by atoms with E-state index < -0.39 is 0 Å². The van der Waals surface area contributed by atoms with Crippen molar-refractivity contribution in [2.45, 2.75) is 16.8 Å². The van der Waals surface area contributed by atoms with Crippen LogP contribution in [0.5, 0.6) is 0 Å². The van der Waals surface area contributed by atoms with Crippen LogP contribution in [0.25, 0.3) is 0 Å². The van der Waals surface area contributed by atoms with Crippen molar-refractivity contribution in [2.75, 3.05) is 0 Å². The highest BCUT2D eigenvalue weighted by Crippen LogP contribution is 2.09. The van der Waals surface area contributed by atoms with Crippen LogP contribution in [0.15, 0.2) is 0 Å². The summed E-state index contributed by atoms with van der Waals surface area (Å²) in [5.41, 5.74) is -0.246. The third-order valence-corrected chi connectivity index (χ3v) is 3.84. The van der Waals surface area contributed by atoms with Crippen molar-refractivity contribution in [1.82, 2.24) is 0 Å². The lowest BCUT2D eigenvalue weighted by Gasteiger charge is -1.97. The molecule has 0 aromatic rings. The van der Waals surface area contributed by atoms with Crippen LogP contribution in [0, 0.1) is 0 Å². The first-order chi connectivity index (χ1) is 4.13. The van der Waals surface area contributed by atoms with Gasteiger partial charge in [-0.2, -0.15) is 22.9 Å². The first-order valence-electron chi connectivity index (χ1n) is 2.69. The minimum Gasteiger partial charge on any atom is -0.172 e. The molecule has 0 aliphatic heterocycles. The molecule has 6 heteroatoms. The summed E-state index contributed by atoms with van der Waals surface area (Å²) >= 11 is 21.9. The molecule has 0 nitrogen and oxygen atoms in total. The second-order valence-corrected chi connectivity index (χ2v) is 7.40. The van der Waals surface area contributed by atoms with Crippen LogP contribution >= 0.6 is 46.1 Å². The highest BCUT2D eigenvalue weighted by atomic mass is 35.5. The Bertz CT molecular complexity index is 60.8. The standard InChI is InChI=1S/C3H7BCl4Si/c5-3(6)9-2-1-4(7)8/h3H,1-2,9H2. The van der Waals surface area contributed by atoms with Crippen molar-refractivity contribution in [3.05, 3.63) is 0 Å². The van der Waals surface area contributed by atoms with Gasteiger partial charge in [0.25, 0.3) is 0 Å². The molecule has 0 unspecified atom stereocenters. The van der Waals surface area contributed by atoms with Crippen LogP contribution in [0.3, 0.4) is 0 Å². The van der Waals surface area contributed by atoms with E-state index in [-0.39, 0.29) is 19.5 Å². The molecule has 9 heavy (non-hydrogen) atoms. The maximum atomic E-state index is 5.50. The molecule has 0 N–H and O–H groups in total. The summed E-state index contributed by atoms with van der Waals surface area (Å²) in [5, 5.41) is 0. The molecule has 0 saturated carbocycles. The lowest BCUT2D eigenvalue weighted by molar-refractivity contribution is 1.41. The van der Waals surface area contributed by atoms with Gasteiger partial charge in [-0.15, -0.1) is 23.2 Å². The molecule has 0 aromatic heterocycles. The van der Waals surface area contributed by atoms with Gasteiger partial charge in [-0.1, -0.05) is 6.04 Å². The average molecular weight is 224 g/mol. The zero-order chi connectivity index (χ0) is 7.28. The van der Waals surface area contributed by atoms with E-state index in [1.807, 2.05) is 0 Å². The molecule has 0 amide bonds. The molecule has 0 radical (unpaired) electrons. The highest BCUT2D eigenvalue weighted by molar-refractivity contribution is 7.33. The Morgan fingerprint density at radius 3 is 2.22 bits per heavy atom. The molecule has 0 atom stereocenters. The largest absolute Gasteiger partial charge is 0.351 e. The number of halogens is 4. The molecule has 0 fully saturated rings. The number of hydrogen-bond acceptors (Lipinski definition) is 0. The summed E-state index contributed by atoms with van der Waals surface area (Å²) in [6.07, 6.45) is 0.825. The summed E-state index contributed by atoms with van der Waals surface area (Å²) in [5.74, 6) is 0. The third-order valence-electron chi connectivity index (χ3n) is 0.845. The van der Waals surface area contributed by atoms with Gasteiger partial charge in [-0.05, 0) is 6.32 Å². The van der Waals surface area contributed by atoms with Crippen molar-refractivity contribution in [3.63, 3.8) is 0 Å². The molecule has 0 aliphatic carbocycles. The molecule has 0 aliphatic rings. The average Bonchev–Trinajstić information content (AvgIpc) is 1.63. The fraction of sp³-hybridized carbons (Fsp3) is 1.00. The first kappa shape index (κ1) is 10.4. The van der Waals surface area contributed by atoms with Crippen molar-refractivity contribution >= 4 is 61.2 Å². The SMILES string of the molecule is ClB(Cl)CC[SiH2]C(Cl)Cl. The van der Waals surface area contributed by atoms with E-state index in [1.54, 1.807) is 0 Å². The molecule has 0 aromatic carbocycles. The fourth-order valence-electron chi connectivity index (χ4n) is 0.426. The van der Waals surface area contributed by atoms with Crippen molar-refractivity contribution in [2.24, 2.45) is 0 Å². The predicted molar refractivity (Wildman–Crippen MR) is 51.1 cm³/mol. The van der Waals surface area contributed by atoms with Gasteiger partial charge in [-0.25, -0.2) is 0 Å². The molecule has 54 valence electrons. The summed E-state index contributed by atoms with van der Waals surface area (Å²) in [4.78, 5) is 0. The molecular weight excluding hydrogens is 217 g/mol. The third kappa shape index (κ3) is 9.44. The minimum atomic E-state index is -0.335. The van der Waals surface area contributed by atoms with E-state index in [9.17, 15) is 0 Å². The quantitative estimate of drug-likeness (QED) is 0.507. The maximum absolute atomic E-state index is 5.50. The number of hydrogen-bond donors (Lipinski definition) is 0. The van der Waals surface area contributed by atoms with Crippen LogP contribution in [-0.2, 0) is 0 Å². The van der Waals surface area contributed by atoms with Gasteiger partial charge >= 0.3 is 5.54 Å². The van der Waals surface area contributed by atoms with Gasteiger partial charge in [0.05, 0.1) is 14.0 Å². The maximum Gasteiger partial charge on any atom is 0.351 e. The normalized spacial score (nSPS) is 11.7.